The highest BCUT2D eigenvalue weighted by Crippen LogP contribution is 2.14. The number of benzene rings is 1. The molecule has 0 saturated heterocycles. The van der Waals surface area contributed by atoms with Gasteiger partial charge in [-0.2, -0.15) is 0 Å². The van der Waals surface area contributed by atoms with E-state index in [0.717, 1.165) is 6.42 Å². The summed E-state index contributed by atoms with van der Waals surface area (Å²) >= 11 is 2.28. The molecule has 0 aliphatic heterocycles. The molecule has 1 aromatic rings. The molecular formula is C9H13IN2. The van der Waals surface area contributed by atoms with Crippen LogP contribution in [0.3, 0.4) is 0 Å². The summed E-state index contributed by atoms with van der Waals surface area (Å²) in [5, 5.41) is 0. The molecule has 3 heteroatoms. The zero-order valence-corrected chi connectivity index (χ0v) is 8.99. The van der Waals surface area contributed by atoms with Crippen LogP contribution in [0.2, 0.25) is 0 Å². The zero-order chi connectivity index (χ0) is 8.97. The molecule has 0 spiro atoms. The fourth-order valence-electron chi connectivity index (χ4n) is 1.06. The molecule has 4 N–H and O–H groups in total. The number of hydrogen-bond acceptors (Lipinski definition) is 2. The average molecular weight is 276 g/mol. The Morgan fingerprint density at radius 3 is 2.33 bits per heavy atom. The van der Waals surface area contributed by atoms with Crippen LogP contribution in [0.4, 0.5) is 0 Å². The highest BCUT2D eigenvalue weighted by molar-refractivity contribution is 14.1. The topological polar surface area (TPSA) is 52.0 Å². The molecule has 12 heavy (non-hydrogen) atoms. The van der Waals surface area contributed by atoms with Gasteiger partial charge in [0.1, 0.15) is 0 Å². The van der Waals surface area contributed by atoms with Gasteiger partial charge < -0.3 is 11.5 Å². The summed E-state index contributed by atoms with van der Waals surface area (Å²) in [5.41, 5.74) is 12.5. The minimum Gasteiger partial charge on any atom is -0.330 e. The molecule has 1 aromatic carbocycles. The Bertz CT molecular complexity index is 233. The largest absolute Gasteiger partial charge is 0.330 e. The molecule has 0 aliphatic rings. The maximum absolute atomic E-state index is 5.87. The van der Waals surface area contributed by atoms with Crippen molar-refractivity contribution < 1.29 is 0 Å². The second-order valence-electron chi connectivity index (χ2n) is 2.74. The highest BCUT2D eigenvalue weighted by Gasteiger charge is 2.03. The Hall–Kier alpha value is -0.130. The maximum Gasteiger partial charge on any atom is 0.0306 e. The van der Waals surface area contributed by atoms with E-state index in [-0.39, 0.29) is 6.04 Å². The monoisotopic (exact) mass is 276 g/mol. The summed E-state index contributed by atoms with van der Waals surface area (Å²) in [6.45, 7) is 0.646. The molecule has 0 aromatic heterocycles. The molecule has 66 valence electrons. The van der Waals surface area contributed by atoms with Gasteiger partial charge in [0.2, 0.25) is 0 Å². The fourth-order valence-corrected chi connectivity index (χ4v) is 1.42. The molecule has 2 nitrogen and oxygen atoms in total. The Morgan fingerprint density at radius 1 is 1.25 bits per heavy atom. The van der Waals surface area contributed by atoms with Gasteiger partial charge in [-0.05, 0) is 53.3 Å². The second-order valence-corrected chi connectivity index (χ2v) is 3.98. The second kappa shape index (κ2) is 4.79. The first-order chi connectivity index (χ1) is 5.74. The molecule has 0 saturated carbocycles. The summed E-state index contributed by atoms with van der Waals surface area (Å²) in [5.74, 6) is 0. The van der Waals surface area contributed by atoms with Crippen LogP contribution in [0.1, 0.15) is 18.0 Å². The highest BCUT2D eigenvalue weighted by atomic mass is 127. The van der Waals surface area contributed by atoms with Gasteiger partial charge >= 0.3 is 0 Å². The van der Waals surface area contributed by atoms with Gasteiger partial charge in [0.25, 0.3) is 0 Å². The van der Waals surface area contributed by atoms with Gasteiger partial charge in [0.05, 0.1) is 0 Å². The van der Waals surface area contributed by atoms with Crippen molar-refractivity contribution in [3.8, 4) is 0 Å². The predicted octanol–water partition coefficient (Wildman–Crippen LogP) is 1.64. The van der Waals surface area contributed by atoms with Gasteiger partial charge in [-0.1, -0.05) is 12.1 Å². The number of nitrogens with two attached hydrogens (primary N) is 2. The summed E-state index contributed by atoms with van der Waals surface area (Å²) < 4.78 is 1.23. The lowest BCUT2D eigenvalue weighted by atomic mass is 10.1. The first-order valence-corrected chi connectivity index (χ1v) is 5.03. The van der Waals surface area contributed by atoms with Crippen molar-refractivity contribution in [2.24, 2.45) is 11.5 Å². The molecule has 0 amide bonds. The Kier molecular flexibility index (Phi) is 3.97. The van der Waals surface area contributed by atoms with Crippen molar-refractivity contribution in [3.63, 3.8) is 0 Å². The van der Waals surface area contributed by atoms with Crippen molar-refractivity contribution in [1.29, 1.82) is 0 Å². The number of hydrogen-bond donors (Lipinski definition) is 2. The van der Waals surface area contributed by atoms with Gasteiger partial charge in [0, 0.05) is 9.61 Å². The maximum atomic E-state index is 5.87. The first kappa shape index (κ1) is 9.95. The third-order valence-corrected chi connectivity index (χ3v) is 2.49. The normalized spacial score (nSPS) is 12.9. The average Bonchev–Trinajstić information content (AvgIpc) is 2.06. The Morgan fingerprint density at radius 2 is 1.83 bits per heavy atom. The van der Waals surface area contributed by atoms with E-state index in [0.29, 0.717) is 6.54 Å². The van der Waals surface area contributed by atoms with Crippen LogP contribution < -0.4 is 11.5 Å². The number of rotatable bonds is 3. The van der Waals surface area contributed by atoms with Crippen molar-refractivity contribution in [2.45, 2.75) is 12.5 Å². The predicted molar refractivity (Wildman–Crippen MR) is 59.8 cm³/mol. The fraction of sp³-hybridized carbons (Fsp3) is 0.333. The lowest BCUT2D eigenvalue weighted by Gasteiger charge is -2.09. The molecule has 0 aliphatic carbocycles. The van der Waals surface area contributed by atoms with Crippen molar-refractivity contribution in [1.82, 2.24) is 0 Å². The molecular weight excluding hydrogens is 263 g/mol. The van der Waals surface area contributed by atoms with E-state index < -0.39 is 0 Å². The van der Waals surface area contributed by atoms with E-state index in [2.05, 4.69) is 46.9 Å². The van der Waals surface area contributed by atoms with E-state index in [1.807, 2.05) is 0 Å². The molecule has 1 atom stereocenters. The molecule has 0 heterocycles. The smallest absolute Gasteiger partial charge is 0.0306 e. The SMILES string of the molecule is NCC[C@@H](N)c1ccc(I)cc1. The third-order valence-electron chi connectivity index (χ3n) is 1.78. The van der Waals surface area contributed by atoms with E-state index in [1.54, 1.807) is 0 Å². The molecule has 0 radical (unpaired) electrons. The van der Waals surface area contributed by atoms with Crippen LogP contribution in [0, 0.1) is 3.57 Å². The zero-order valence-electron chi connectivity index (χ0n) is 6.83. The van der Waals surface area contributed by atoms with Crippen LogP contribution in [0.25, 0.3) is 0 Å². The quantitative estimate of drug-likeness (QED) is 0.825. The first-order valence-electron chi connectivity index (χ1n) is 3.95. The van der Waals surface area contributed by atoms with E-state index in [9.17, 15) is 0 Å². The Labute approximate surface area is 86.5 Å². The lowest BCUT2D eigenvalue weighted by Crippen LogP contribution is -2.15. The standard InChI is InChI=1S/C9H13IN2/c10-8-3-1-7(2-4-8)9(12)5-6-11/h1-4,9H,5-6,11-12H2/t9-/m1/s1. The van der Waals surface area contributed by atoms with Crippen LogP contribution in [0.15, 0.2) is 24.3 Å². The molecule has 0 fully saturated rings. The third kappa shape index (κ3) is 2.73. The summed E-state index contributed by atoms with van der Waals surface area (Å²) in [6.07, 6.45) is 0.848. The Balaban J connectivity index is 2.68. The van der Waals surface area contributed by atoms with E-state index in [4.69, 9.17) is 11.5 Å². The summed E-state index contributed by atoms with van der Waals surface area (Å²) in [7, 11) is 0. The number of halogens is 1. The lowest BCUT2D eigenvalue weighted by molar-refractivity contribution is 0.661. The van der Waals surface area contributed by atoms with Crippen LogP contribution in [-0.4, -0.2) is 6.54 Å². The summed E-state index contributed by atoms with van der Waals surface area (Å²) in [6, 6.07) is 8.33. The van der Waals surface area contributed by atoms with Crippen molar-refractivity contribution in [2.75, 3.05) is 6.54 Å². The van der Waals surface area contributed by atoms with Crippen molar-refractivity contribution >= 4 is 22.6 Å². The van der Waals surface area contributed by atoms with Gasteiger partial charge in [-0.15, -0.1) is 0 Å². The van der Waals surface area contributed by atoms with Gasteiger partial charge in [0.15, 0.2) is 0 Å². The van der Waals surface area contributed by atoms with Crippen molar-refractivity contribution in [3.05, 3.63) is 33.4 Å². The molecule has 1 rings (SSSR count). The summed E-state index contributed by atoms with van der Waals surface area (Å²) in [4.78, 5) is 0. The van der Waals surface area contributed by atoms with Crippen LogP contribution >= 0.6 is 22.6 Å². The van der Waals surface area contributed by atoms with E-state index in [1.165, 1.54) is 9.13 Å². The van der Waals surface area contributed by atoms with Gasteiger partial charge in [-0.3, -0.25) is 0 Å². The van der Waals surface area contributed by atoms with Crippen LogP contribution in [-0.2, 0) is 0 Å². The minimum absolute atomic E-state index is 0.0898. The van der Waals surface area contributed by atoms with Gasteiger partial charge in [-0.25, -0.2) is 0 Å². The molecule has 0 unspecified atom stereocenters. The van der Waals surface area contributed by atoms with E-state index >= 15 is 0 Å². The molecule has 0 bridgehead atoms. The minimum atomic E-state index is 0.0898. The van der Waals surface area contributed by atoms with Crippen LogP contribution in [0.5, 0.6) is 0 Å².